The molecule has 0 spiro atoms. The smallest absolute Gasteiger partial charge is 0.142 e. The second kappa shape index (κ2) is 17.0. The van der Waals surface area contributed by atoms with Gasteiger partial charge >= 0.3 is 0 Å². The first-order chi connectivity index (χ1) is 11.6. The van der Waals surface area contributed by atoms with Crippen molar-refractivity contribution in [2.75, 3.05) is 0 Å². The Hall–Kier alpha value is -0.390. The fourth-order valence-corrected chi connectivity index (χ4v) is 2.63. The van der Waals surface area contributed by atoms with E-state index < -0.39 is 0 Å². The van der Waals surface area contributed by atoms with Gasteiger partial charge in [0, 0.05) is 16.6 Å². The number of carbonyl (C=O) groups is 1. The van der Waals surface area contributed by atoms with Crippen molar-refractivity contribution in [1.29, 1.82) is 0 Å². The fourth-order valence-electron chi connectivity index (χ4n) is 2.06. The first kappa shape index (κ1) is 26.8. The molecule has 1 aromatic rings. The Labute approximate surface area is 164 Å². The van der Waals surface area contributed by atoms with Gasteiger partial charge in [0.15, 0.2) is 0 Å². The monoisotopic (exact) mass is 386 g/mol. The van der Waals surface area contributed by atoms with Crippen molar-refractivity contribution >= 4 is 26.6 Å². The summed E-state index contributed by atoms with van der Waals surface area (Å²) in [5.41, 5.74) is 1.33. The topological polar surface area (TPSA) is 17.1 Å². The van der Waals surface area contributed by atoms with Gasteiger partial charge in [-0.15, -0.1) is 9.24 Å². The molecular formula is C22H40ClOP. The molecule has 0 N–H and O–H groups in total. The first-order valence-electron chi connectivity index (χ1n) is 9.67. The minimum Gasteiger partial charge on any atom is -0.299 e. The summed E-state index contributed by atoms with van der Waals surface area (Å²) >= 11 is 5.64. The Morgan fingerprint density at radius 3 is 2.00 bits per heavy atom. The maximum absolute atomic E-state index is 11.1. The van der Waals surface area contributed by atoms with Crippen molar-refractivity contribution in [1.82, 2.24) is 0 Å². The number of rotatable bonds is 7. The maximum atomic E-state index is 11.1. The van der Waals surface area contributed by atoms with Crippen LogP contribution in [0.3, 0.4) is 0 Å². The zero-order valence-electron chi connectivity index (χ0n) is 17.4. The molecule has 0 aliphatic rings. The molecule has 0 amide bonds. The van der Waals surface area contributed by atoms with Gasteiger partial charge in [-0.1, -0.05) is 91.0 Å². The first-order valence-corrected chi connectivity index (χ1v) is 10.7. The molecule has 1 aromatic carbocycles. The molecule has 0 bridgehead atoms. The minimum absolute atomic E-state index is 0.125. The molecule has 3 unspecified atom stereocenters. The molecule has 0 aromatic heterocycles. The van der Waals surface area contributed by atoms with Gasteiger partial charge in [-0.2, -0.15) is 0 Å². The van der Waals surface area contributed by atoms with Gasteiger partial charge < -0.3 is 0 Å². The van der Waals surface area contributed by atoms with E-state index in [-0.39, 0.29) is 11.6 Å². The summed E-state index contributed by atoms with van der Waals surface area (Å²) in [6, 6.07) is 7.76. The summed E-state index contributed by atoms with van der Waals surface area (Å²) < 4.78 is 0. The van der Waals surface area contributed by atoms with E-state index in [1.807, 2.05) is 52.0 Å². The fraction of sp³-hybridized carbons (Fsp3) is 0.682. The Morgan fingerprint density at radius 1 is 1.12 bits per heavy atom. The van der Waals surface area contributed by atoms with Crippen molar-refractivity contribution in [3.63, 3.8) is 0 Å². The number of ketones is 1. The Bertz CT molecular complexity index is 426. The van der Waals surface area contributed by atoms with Gasteiger partial charge in [-0.25, -0.2) is 0 Å². The summed E-state index contributed by atoms with van der Waals surface area (Å²) in [6.07, 6.45) is 6.56. The molecule has 3 atom stereocenters. The van der Waals surface area contributed by atoms with Gasteiger partial charge in [-0.05, 0) is 37.0 Å². The van der Waals surface area contributed by atoms with E-state index in [2.05, 4.69) is 30.0 Å². The van der Waals surface area contributed by atoms with Crippen LogP contribution in [-0.2, 0) is 4.79 Å². The Morgan fingerprint density at radius 2 is 1.72 bits per heavy atom. The number of benzene rings is 1. The molecule has 3 heteroatoms. The predicted octanol–water partition coefficient (Wildman–Crippen LogP) is 7.74. The van der Waals surface area contributed by atoms with E-state index in [1.165, 1.54) is 31.2 Å². The highest BCUT2D eigenvalue weighted by Gasteiger charge is 2.13. The lowest BCUT2D eigenvalue weighted by atomic mass is 10.0. The van der Waals surface area contributed by atoms with E-state index in [0.29, 0.717) is 5.78 Å². The number of carbonyl (C=O) groups excluding carboxylic acids is 1. The van der Waals surface area contributed by atoms with Crippen LogP contribution in [0.5, 0.6) is 0 Å². The second-order valence-corrected chi connectivity index (χ2v) is 8.63. The number of halogens is 1. The third kappa shape index (κ3) is 18.2. The lowest BCUT2D eigenvalue weighted by Crippen LogP contribution is -2.17. The molecule has 0 fully saturated rings. The van der Waals surface area contributed by atoms with E-state index >= 15 is 0 Å². The van der Waals surface area contributed by atoms with Crippen LogP contribution in [0, 0.1) is 18.8 Å². The highest BCUT2D eigenvalue weighted by molar-refractivity contribution is 7.19. The van der Waals surface area contributed by atoms with Crippen LogP contribution in [0.1, 0.15) is 79.2 Å². The van der Waals surface area contributed by atoms with Crippen molar-refractivity contribution < 1.29 is 4.79 Å². The van der Waals surface area contributed by atoms with Crippen molar-refractivity contribution in [2.45, 2.75) is 86.2 Å². The molecule has 1 nitrogen and oxygen atoms in total. The number of hydrogen-bond donors (Lipinski definition) is 0. The third-order valence-electron chi connectivity index (χ3n) is 3.91. The van der Waals surface area contributed by atoms with E-state index in [9.17, 15) is 4.79 Å². The van der Waals surface area contributed by atoms with Gasteiger partial charge in [0.25, 0.3) is 0 Å². The highest BCUT2D eigenvalue weighted by atomic mass is 35.5. The SMILES string of the molecule is CCC(C)C(=O)C(C)P.CCCCCC(C)C.Cc1cccc(Cl)c1. The van der Waals surface area contributed by atoms with Crippen LogP contribution >= 0.6 is 20.8 Å². The van der Waals surface area contributed by atoms with Gasteiger partial charge in [-0.3, -0.25) is 4.79 Å². The van der Waals surface area contributed by atoms with Crippen LogP contribution in [0.2, 0.25) is 5.02 Å². The molecule has 0 radical (unpaired) electrons. The standard InChI is InChI=1S/C8H18.C7H7Cl.C7H15OP/c1-4-5-6-7-8(2)3;1-6-3-2-4-7(8)5-6;1-4-5(2)7(8)6(3)9/h8H,4-7H2,1-3H3;2-5H,1H3;5-6H,4,9H2,1-3H3. The largest absolute Gasteiger partial charge is 0.299 e. The summed E-state index contributed by atoms with van der Waals surface area (Å²) in [6.45, 7) is 14.8. The van der Waals surface area contributed by atoms with Gasteiger partial charge in [0.05, 0.1) is 0 Å². The molecule has 1 rings (SSSR count). The lowest BCUT2D eigenvalue weighted by Gasteiger charge is -2.08. The number of unbranched alkanes of at least 4 members (excludes halogenated alkanes) is 2. The van der Waals surface area contributed by atoms with E-state index in [0.717, 1.165) is 17.4 Å². The molecule has 0 saturated carbocycles. The molecular weight excluding hydrogens is 347 g/mol. The summed E-state index contributed by atoms with van der Waals surface area (Å²) in [5.74, 6) is 1.49. The summed E-state index contributed by atoms with van der Waals surface area (Å²) in [5, 5.41) is 0.810. The molecule has 0 heterocycles. The molecule has 0 aliphatic heterocycles. The summed E-state index contributed by atoms with van der Waals surface area (Å²) in [4.78, 5) is 11.1. The van der Waals surface area contributed by atoms with Crippen LogP contribution < -0.4 is 0 Å². The second-order valence-electron chi connectivity index (χ2n) is 7.19. The average Bonchev–Trinajstić information content (AvgIpc) is 2.54. The number of hydrogen-bond acceptors (Lipinski definition) is 1. The van der Waals surface area contributed by atoms with Crippen molar-refractivity contribution in [3.05, 3.63) is 34.9 Å². The third-order valence-corrected chi connectivity index (χ3v) is 4.48. The van der Waals surface area contributed by atoms with Crippen LogP contribution in [0.25, 0.3) is 0 Å². The lowest BCUT2D eigenvalue weighted by molar-refractivity contribution is -0.121. The number of aryl methyl sites for hydroxylation is 1. The van der Waals surface area contributed by atoms with Crippen molar-refractivity contribution in [3.8, 4) is 0 Å². The quantitative estimate of drug-likeness (QED) is 0.346. The molecule has 25 heavy (non-hydrogen) atoms. The molecule has 0 aliphatic carbocycles. The van der Waals surface area contributed by atoms with Crippen LogP contribution in [-0.4, -0.2) is 11.4 Å². The normalized spacial score (nSPS) is 12.4. The molecule has 146 valence electrons. The van der Waals surface area contributed by atoms with E-state index in [4.69, 9.17) is 11.6 Å². The van der Waals surface area contributed by atoms with E-state index in [1.54, 1.807) is 0 Å². The maximum Gasteiger partial charge on any atom is 0.142 e. The zero-order valence-corrected chi connectivity index (χ0v) is 19.4. The van der Waals surface area contributed by atoms with Crippen LogP contribution in [0.15, 0.2) is 24.3 Å². The van der Waals surface area contributed by atoms with Gasteiger partial charge in [0.2, 0.25) is 0 Å². The highest BCUT2D eigenvalue weighted by Crippen LogP contribution is 2.10. The van der Waals surface area contributed by atoms with Crippen LogP contribution in [0.4, 0.5) is 0 Å². The van der Waals surface area contributed by atoms with Crippen molar-refractivity contribution in [2.24, 2.45) is 11.8 Å². The zero-order chi connectivity index (χ0) is 19.8. The Balaban J connectivity index is 0. The predicted molar refractivity (Wildman–Crippen MR) is 119 cm³/mol. The Kier molecular flexibility index (Phi) is 18.3. The number of Topliss-reactive ketones (excluding diaryl/α,β-unsaturated/α-hetero) is 1. The minimum atomic E-state index is 0.125. The average molecular weight is 387 g/mol. The molecule has 0 saturated heterocycles. The summed E-state index contributed by atoms with van der Waals surface area (Å²) in [7, 11) is 2.52. The van der Waals surface area contributed by atoms with Gasteiger partial charge in [0.1, 0.15) is 5.78 Å².